The fourth-order valence-corrected chi connectivity index (χ4v) is 10.3. The van der Waals surface area contributed by atoms with Crippen LogP contribution in [-0.2, 0) is 51.0 Å². The van der Waals surface area contributed by atoms with Crippen molar-refractivity contribution in [2.75, 3.05) is 23.3 Å². The van der Waals surface area contributed by atoms with E-state index in [2.05, 4.69) is 24.4 Å². The lowest BCUT2D eigenvalue weighted by molar-refractivity contribution is 0.583. The van der Waals surface area contributed by atoms with Gasteiger partial charge in [0.15, 0.2) is 9.84 Å². The highest BCUT2D eigenvalue weighted by Gasteiger charge is 2.17. The van der Waals surface area contributed by atoms with E-state index < -0.39 is 29.9 Å². The van der Waals surface area contributed by atoms with Crippen LogP contribution in [0.4, 0.5) is 5.69 Å². The van der Waals surface area contributed by atoms with Crippen molar-refractivity contribution in [3.8, 4) is 33.4 Å². The Morgan fingerprint density at radius 2 is 0.886 bits per heavy atom. The van der Waals surface area contributed by atoms with Crippen molar-refractivity contribution in [2.24, 2.45) is 21.1 Å². The molecule has 0 spiro atoms. The summed E-state index contributed by atoms with van der Waals surface area (Å²) in [7, 11) is -5.15. The quantitative estimate of drug-likeness (QED) is 0.155. The summed E-state index contributed by atoms with van der Waals surface area (Å²) in [5.41, 5.74) is 4.75. The van der Waals surface area contributed by atoms with Crippen molar-refractivity contribution < 1.29 is 25.3 Å². The van der Waals surface area contributed by atoms with Crippen LogP contribution < -0.4 is 26.1 Å². The van der Waals surface area contributed by atoms with Gasteiger partial charge in [-0.05, 0) is 71.3 Å². The fraction of sp³-hybridized carbons (Fsp3) is 0.160. The second-order valence-corrected chi connectivity index (χ2v) is 21.8. The topological polar surface area (TPSA) is 231 Å². The number of aryl methyl sites for hydroxylation is 3. The molecule has 0 aliphatic rings. The van der Waals surface area contributed by atoms with Crippen LogP contribution in [0, 0.1) is 0 Å². The average Bonchev–Trinajstić information content (AvgIpc) is 3.35. The minimum Gasteiger partial charge on any atom is -0.317 e. The minimum atomic E-state index is -3.55. The van der Waals surface area contributed by atoms with E-state index in [4.69, 9.17) is 0 Å². The number of rotatable bonds is 10. The molecule has 17 nitrogen and oxygen atoms in total. The van der Waals surface area contributed by atoms with Gasteiger partial charge in [0.2, 0.25) is 20.0 Å². The van der Waals surface area contributed by atoms with Crippen molar-refractivity contribution in [3.63, 3.8) is 0 Å². The lowest BCUT2D eigenvalue weighted by atomic mass is 10.0. The number of nitrogens with one attached hydrogen (secondary N) is 2. The van der Waals surface area contributed by atoms with E-state index in [1.54, 1.807) is 164 Å². The van der Waals surface area contributed by atoms with Crippen LogP contribution in [0.1, 0.15) is 13.8 Å². The zero-order valence-corrected chi connectivity index (χ0v) is 41.3. The lowest BCUT2D eigenvalue weighted by Crippen LogP contribution is -2.23. The first-order valence-electron chi connectivity index (χ1n) is 21.5. The van der Waals surface area contributed by atoms with E-state index in [-0.39, 0.29) is 32.2 Å². The molecule has 0 radical (unpaired) electrons. The maximum Gasteiger partial charge on any atom is 0.258 e. The first-order chi connectivity index (χ1) is 33.2. The summed E-state index contributed by atoms with van der Waals surface area (Å²) in [6, 6.07) is 25.5. The van der Waals surface area contributed by atoms with Gasteiger partial charge >= 0.3 is 0 Å². The number of hydrogen-bond acceptors (Lipinski definition) is 12. The van der Waals surface area contributed by atoms with Crippen molar-refractivity contribution in [3.05, 3.63) is 178 Å². The molecule has 9 aromatic rings. The molecule has 0 saturated heterocycles. The van der Waals surface area contributed by atoms with E-state index >= 15 is 0 Å². The molecular weight excluding hydrogens is 953 g/mol. The molecule has 0 bridgehead atoms. The summed E-state index contributed by atoms with van der Waals surface area (Å²) in [4.78, 5) is 49.4. The van der Waals surface area contributed by atoms with Gasteiger partial charge in [0, 0.05) is 122 Å². The van der Waals surface area contributed by atoms with Gasteiger partial charge in [0.05, 0.1) is 38.0 Å². The Balaban J connectivity index is 0.000000155. The van der Waals surface area contributed by atoms with Gasteiger partial charge in [0.1, 0.15) is 0 Å². The number of nitrogens with zero attached hydrogens (tertiary/aromatic N) is 6. The fourth-order valence-electron chi connectivity index (χ4n) is 7.70. The zero-order chi connectivity index (χ0) is 50.5. The predicted molar refractivity (Wildman–Crippen MR) is 274 cm³/mol. The van der Waals surface area contributed by atoms with E-state index in [0.29, 0.717) is 44.7 Å². The monoisotopic (exact) mass is 1000 g/mol. The number of pyridine rings is 6. The normalized spacial score (nSPS) is 11.7. The molecule has 0 aliphatic carbocycles. The van der Waals surface area contributed by atoms with Crippen molar-refractivity contribution in [1.29, 1.82) is 0 Å². The number of hydrogen-bond donors (Lipinski definition) is 2. The minimum absolute atomic E-state index is 0.0477. The van der Waals surface area contributed by atoms with Crippen molar-refractivity contribution >= 4 is 67.9 Å². The molecule has 6 aromatic heterocycles. The van der Waals surface area contributed by atoms with Crippen molar-refractivity contribution in [2.45, 2.75) is 23.6 Å². The molecule has 6 heterocycles. The second kappa shape index (κ2) is 20.5. The third kappa shape index (κ3) is 10.9. The molecular formula is C50H48N8O9S3. The Kier molecular flexibility index (Phi) is 14.7. The smallest absolute Gasteiger partial charge is 0.258 e. The molecule has 0 aliphatic heterocycles. The summed E-state index contributed by atoms with van der Waals surface area (Å²) in [6.07, 6.45) is 15.9. The molecule has 0 saturated carbocycles. The van der Waals surface area contributed by atoms with Crippen molar-refractivity contribution in [1.82, 2.24) is 33.4 Å². The number of sulfone groups is 1. The third-order valence-electron chi connectivity index (χ3n) is 11.1. The summed E-state index contributed by atoms with van der Waals surface area (Å²) in [5.74, 6) is 0.0477. The Bertz CT molecular complexity index is 4010. The van der Waals surface area contributed by atoms with Gasteiger partial charge in [-0.2, -0.15) is 0 Å². The summed E-state index contributed by atoms with van der Waals surface area (Å²) in [5, 5.41) is 3.81. The Labute approximate surface area is 403 Å². The number of benzene rings is 3. The maximum absolute atomic E-state index is 12.3. The average molecular weight is 1000 g/mol. The van der Waals surface area contributed by atoms with Crippen LogP contribution in [0.3, 0.4) is 0 Å². The second-order valence-electron chi connectivity index (χ2n) is 16.1. The van der Waals surface area contributed by atoms with Gasteiger partial charge in [0.25, 0.3) is 16.7 Å². The highest BCUT2D eigenvalue weighted by atomic mass is 32.2. The summed E-state index contributed by atoms with van der Waals surface area (Å²) in [6.45, 7) is 3.67. The van der Waals surface area contributed by atoms with Gasteiger partial charge < -0.3 is 13.7 Å². The van der Waals surface area contributed by atoms with Gasteiger partial charge in [-0.3, -0.25) is 34.1 Å². The Morgan fingerprint density at radius 3 is 1.29 bits per heavy atom. The number of sulfonamides is 2. The van der Waals surface area contributed by atoms with Gasteiger partial charge in [-0.25, -0.2) is 30.0 Å². The standard InChI is InChI=1S/C17H17N3O3S.C17H16N2O3S.C16H15N3O3S/c1-3-19-24(22,23)13-6-4-5-12(9-13)16-11-20(2)17(21)14-7-8-18-10-15(14)16;1-3-23(21,22)13-6-4-5-12(9-13)16-11-19(2)17(20)14-7-8-18-10-15(14)16;1-19-10-15(14-9-17-7-6-13(14)16(19)20)11-4-3-5-12(8-11)18-23(2,21)22/h4-11,19H,3H2,1-2H3;4-11H,3H2,1-2H3;3-10,18H,1-2H3. The molecule has 360 valence electrons. The van der Waals surface area contributed by atoms with Crippen LogP contribution in [0.15, 0.2) is 171 Å². The van der Waals surface area contributed by atoms with E-state index in [1.165, 1.54) is 13.7 Å². The van der Waals surface area contributed by atoms with Crippen LogP contribution in [0.5, 0.6) is 0 Å². The summed E-state index contributed by atoms with van der Waals surface area (Å²) < 4.78 is 80.9. The van der Waals surface area contributed by atoms with E-state index in [9.17, 15) is 39.6 Å². The Morgan fingerprint density at radius 1 is 0.500 bits per heavy atom. The molecule has 0 amide bonds. The Hall–Kier alpha value is -7.65. The van der Waals surface area contributed by atoms with Gasteiger partial charge in [-0.15, -0.1) is 0 Å². The van der Waals surface area contributed by atoms with E-state index in [0.717, 1.165) is 39.5 Å². The van der Waals surface area contributed by atoms with Crippen LogP contribution in [0.2, 0.25) is 0 Å². The highest BCUT2D eigenvalue weighted by molar-refractivity contribution is 7.92. The molecule has 9 rings (SSSR count). The zero-order valence-electron chi connectivity index (χ0n) is 38.9. The predicted octanol–water partition coefficient (Wildman–Crippen LogP) is 6.26. The molecule has 2 N–H and O–H groups in total. The molecule has 0 atom stereocenters. The molecule has 0 fully saturated rings. The third-order valence-corrected chi connectivity index (χ3v) is 15.0. The molecule has 20 heteroatoms. The lowest BCUT2D eigenvalue weighted by Gasteiger charge is -2.11. The highest BCUT2D eigenvalue weighted by Crippen LogP contribution is 2.31. The largest absolute Gasteiger partial charge is 0.317 e. The number of anilines is 1. The van der Waals surface area contributed by atoms with Gasteiger partial charge in [-0.1, -0.05) is 50.2 Å². The molecule has 3 aromatic carbocycles. The van der Waals surface area contributed by atoms with Crippen LogP contribution >= 0.6 is 0 Å². The summed E-state index contributed by atoms with van der Waals surface area (Å²) >= 11 is 0. The number of aromatic nitrogens is 6. The van der Waals surface area contributed by atoms with Crippen LogP contribution in [-0.4, -0.2) is 72.5 Å². The molecule has 0 unspecified atom stereocenters. The maximum atomic E-state index is 12.3. The first kappa shape index (κ1) is 50.2. The van der Waals surface area contributed by atoms with Crippen LogP contribution in [0.25, 0.3) is 65.7 Å². The number of fused-ring (bicyclic) bond motifs is 3. The first-order valence-corrected chi connectivity index (χ1v) is 26.6. The van der Waals surface area contributed by atoms with E-state index in [1.807, 2.05) is 18.2 Å². The SMILES string of the molecule is CCNS(=O)(=O)c1cccc(-c2cn(C)c(=O)c3ccncc23)c1.CCS(=O)(=O)c1cccc(-c2cn(C)c(=O)c3ccncc23)c1.Cn1cc(-c2cccc(NS(C)(=O)=O)c2)c2cnccc2c1=O. The molecule has 70 heavy (non-hydrogen) atoms.